The molecule has 1 amide bonds. The van der Waals surface area contributed by atoms with Gasteiger partial charge in [0.15, 0.2) is 6.10 Å². The summed E-state index contributed by atoms with van der Waals surface area (Å²) in [6.07, 6.45) is 0.757. The number of thioether (sulfide) groups is 1. The second-order valence-corrected chi connectivity index (χ2v) is 7.30. The van der Waals surface area contributed by atoms with Gasteiger partial charge in [0.05, 0.1) is 5.75 Å². The molecule has 6 heteroatoms. The molecule has 0 saturated carbocycles. The van der Waals surface area contributed by atoms with Crippen molar-refractivity contribution in [1.29, 1.82) is 0 Å². The van der Waals surface area contributed by atoms with Gasteiger partial charge in [0, 0.05) is 10.9 Å². The third-order valence-electron chi connectivity index (χ3n) is 3.96. The first-order valence-electron chi connectivity index (χ1n) is 8.87. The van der Waals surface area contributed by atoms with Gasteiger partial charge in [-0.3, -0.25) is 9.59 Å². The van der Waals surface area contributed by atoms with Crippen molar-refractivity contribution in [3.05, 3.63) is 66.0 Å². The Morgan fingerprint density at radius 1 is 1.07 bits per heavy atom. The van der Waals surface area contributed by atoms with Crippen LogP contribution in [0.2, 0.25) is 0 Å². The monoisotopic (exact) mass is 389 g/mol. The van der Waals surface area contributed by atoms with Gasteiger partial charge in [-0.15, -0.1) is 11.8 Å². The zero-order chi connectivity index (χ0) is 19.6. The van der Waals surface area contributed by atoms with E-state index in [9.17, 15) is 14.0 Å². The van der Waals surface area contributed by atoms with Crippen molar-refractivity contribution in [1.82, 2.24) is 5.32 Å². The molecular weight excluding hydrogens is 365 g/mol. The molecule has 27 heavy (non-hydrogen) atoms. The maximum absolute atomic E-state index is 13.5. The average Bonchev–Trinajstić information content (AvgIpc) is 2.66. The fraction of sp³-hybridized carbons (Fsp3) is 0.333. The van der Waals surface area contributed by atoms with Gasteiger partial charge >= 0.3 is 5.97 Å². The first kappa shape index (κ1) is 21.0. The minimum Gasteiger partial charge on any atom is -0.452 e. The zero-order valence-electron chi connectivity index (χ0n) is 15.5. The lowest BCUT2D eigenvalue weighted by Gasteiger charge is -2.18. The third kappa shape index (κ3) is 7.43. The molecule has 0 bridgehead atoms. The maximum atomic E-state index is 13.5. The fourth-order valence-electron chi connectivity index (χ4n) is 2.44. The number of halogens is 1. The number of aryl methyl sites for hydroxylation is 1. The Hall–Kier alpha value is -2.34. The summed E-state index contributed by atoms with van der Waals surface area (Å²) in [7, 11) is 0. The topological polar surface area (TPSA) is 55.4 Å². The molecule has 0 aliphatic rings. The largest absolute Gasteiger partial charge is 0.452 e. The standard InChI is InChI=1S/C21H24FNO3S/c1-15(12-13-17-8-4-3-5-9-17)23-21(25)16(2)26-20(24)14-27-19-11-7-6-10-18(19)22/h3-11,15-16H,12-14H2,1-2H3,(H,23,25)/t15-,16-/m0/s1. The first-order chi connectivity index (χ1) is 13.0. The van der Waals surface area contributed by atoms with Crippen molar-refractivity contribution < 1.29 is 18.7 Å². The molecule has 0 fully saturated rings. The number of amides is 1. The highest BCUT2D eigenvalue weighted by molar-refractivity contribution is 8.00. The summed E-state index contributed by atoms with van der Waals surface area (Å²) >= 11 is 1.05. The van der Waals surface area contributed by atoms with Crippen molar-refractivity contribution in [3.8, 4) is 0 Å². The number of ether oxygens (including phenoxy) is 1. The average molecular weight is 389 g/mol. The molecule has 0 heterocycles. The highest BCUT2D eigenvalue weighted by Gasteiger charge is 2.19. The molecule has 0 saturated heterocycles. The van der Waals surface area contributed by atoms with Crippen LogP contribution in [0.15, 0.2) is 59.5 Å². The van der Waals surface area contributed by atoms with Crippen molar-refractivity contribution in [3.63, 3.8) is 0 Å². The second-order valence-electron chi connectivity index (χ2n) is 6.29. The van der Waals surface area contributed by atoms with E-state index in [1.807, 2.05) is 37.3 Å². The van der Waals surface area contributed by atoms with E-state index < -0.39 is 12.1 Å². The van der Waals surface area contributed by atoms with E-state index in [0.29, 0.717) is 4.90 Å². The van der Waals surface area contributed by atoms with E-state index in [4.69, 9.17) is 4.74 Å². The molecule has 2 aromatic carbocycles. The van der Waals surface area contributed by atoms with Crippen molar-refractivity contribution in [2.24, 2.45) is 0 Å². The van der Waals surface area contributed by atoms with E-state index >= 15 is 0 Å². The van der Waals surface area contributed by atoms with Crippen molar-refractivity contribution >= 4 is 23.6 Å². The maximum Gasteiger partial charge on any atom is 0.317 e. The van der Waals surface area contributed by atoms with Gasteiger partial charge in [-0.2, -0.15) is 0 Å². The molecule has 144 valence electrons. The quantitative estimate of drug-likeness (QED) is 0.521. The number of carbonyl (C=O) groups excluding carboxylic acids is 2. The summed E-state index contributed by atoms with van der Waals surface area (Å²) in [6, 6.07) is 16.2. The van der Waals surface area contributed by atoms with Gasteiger partial charge < -0.3 is 10.1 Å². The lowest BCUT2D eigenvalue weighted by Crippen LogP contribution is -2.41. The molecule has 0 aromatic heterocycles. The Morgan fingerprint density at radius 2 is 1.74 bits per heavy atom. The van der Waals surface area contributed by atoms with Gasteiger partial charge in [-0.05, 0) is 44.4 Å². The number of rotatable bonds is 9. The minimum absolute atomic E-state index is 0.0355. The summed E-state index contributed by atoms with van der Waals surface area (Å²) in [4.78, 5) is 24.4. The molecular formula is C21H24FNO3S. The Bertz CT molecular complexity index is 754. The number of hydrogen-bond acceptors (Lipinski definition) is 4. The van der Waals surface area contributed by atoms with E-state index in [0.717, 1.165) is 24.6 Å². The fourth-order valence-corrected chi connectivity index (χ4v) is 3.17. The van der Waals surface area contributed by atoms with E-state index in [2.05, 4.69) is 5.32 Å². The molecule has 2 aromatic rings. The van der Waals surface area contributed by atoms with Crippen LogP contribution in [0.1, 0.15) is 25.8 Å². The van der Waals surface area contributed by atoms with Gasteiger partial charge in [-0.25, -0.2) is 4.39 Å². The predicted octanol–water partition coefficient (Wildman–Crippen LogP) is 3.99. The molecule has 0 unspecified atom stereocenters. The molecule has 0 radical (unpaired) electrons. The van der Waals surface area contributed by atoms with Crippen LogP contribution < -0.4 is 5.32 Å². The smallest absolute Gasteiger partial charge is 0.317 e. The molecule has 1 N–H and O–H groups in total. The minimum atomic E-state index is -0.891. The van der Waals surface area contributed by atoms with Crippen LogP contribution in [0.5, 0.6) is 0 Å². The summed E-state index contributed by atoms with van der Waals surface area (Å²) in [5.74, 6) is -1.32. The predicted molar refractivity (Wildman–Crippen MR) is 105 cm³/mol. The molecule has 0 aliphatic heterocycles. The number of carbonyl (C=O) groups is 2. The van der Waals surface area contributed by atoms with Crippen LogP contribution in [-0.2, 0) is 20.7 Å². The van der Waals surface area contributed by atoms with Gasteiger partial charge in [-0.1, -0.05) is 42.5 Å². The lowest BCUT2D eigenvalue weighted by molar-refractivity contribution is -0.152. The summed E-state index contributed by atoms with van der Waals surface area (Å²) in [5.41, 5.74) is 1.21. The molecule has 2 atom stereocenters. The number of nitrogens with one attached hydrogen (secondary N) is 1. The van der Waals surface area contributed by atoms with Crippen LogP contribution in [0.25, 0.3) is 0 Å². The molecule has 4 nitrogen and oxygen atoms in total. The van der Waals surface area contributed by atoms with E-state index in [1.165, 1.54) is 18.6 Å². The lowest BCUT2D eigenvalue weighted by atomic mass is 10.1. The number of esters is 1. The van der Waals surface area contributed by atoms with Crippen molar-refractivity contribution in [2.45, 2.75) is 43.7 Å². The summed E-state index contributed by atoms with van der Waals surface area (Å²) < 4.78 is 18.7. The Morgan fingerprint density at radius 3 is 2.44 bits per heavy atom. The zero-order valence-corrected chi connectivity index (χ0v) is 16.3. The van der Waals surface area contributed by atoms with Crippen LogP contribution in [0.3, 0.4) is 0 Å². The molecule has 0 aliphatic carbocycles. The molecule has 0 spiro atoms. The third-order valence-corrected chi connectivity index (χ3v) is 4.98. The summed E-state index contributed by atoms with van der Waals surface area (Å²) in [5, 5.41) is 2.86. The van der Waals surface area contributed by atoms with Gasteiger partial charge in [0.1, 0.15) is 5.82 Å². The first-order valence-corrected chi connectivity index (χ1v) is 9.85. The Kier molecular flexibility index (Phi) is 8.33. The van der Waals surface area contributed by atoms with Crippen LogP contribution >= 0.6 is 11.8 Å². The summed E-state index contributed by atoms with van der Waals surface area (Å²) in [6.45, 7) is 3.45. The Balaban J connectivity index is 1.70. The second kappa shape index (κ2) is 10.7. The SMILES string of the molecule is C[C@H](OC(=O)CSc1ccccc1F)C(=O)N[C@@H](C)CCc1ccccc1. The van der Waals surface area contributed by atoms with E-state index in [1.54, 1.807) is 18.2 Å². The normalized spacial score (nSPS) is 12.9. The van der Waals surface area contributed by atoms with Gasteiger partial charge in [0.25, 0.3) is 5.91 Å². The highest BCUT2D eigenvalue weighted by Crippen LogP contribution is 2.21. The number of benzene rings is 2. The van der Waals surface area contributed by atoms with Gasteiger partial charge in [0.2, 0.25) is 0 Å². The van der Waals surface area contributed by atoms with E-state index in [-0.39, 0.29) is 23.5 Å². The highest BCUT2D eigenvalue weighted by atomic mass is 32.2. The van der Waals surface area contributed by atoms with Crippen LogP contribution in [0.4, 0.5) is 4.39 Å². The number of hydrogen-bond donors (Lipinski definition) is 1. The molecule has 2 rings (SSSR count). The van der Waals surface area contributed by atoms with Crippen molar-refractivity contribution in [2.75, 3.05) is 5.75 Å². The van der Waals surface area contributed by atoms with Crippen LogP contribution in [0, 0.1) is 5.82 Å². The van der Waals surface area contributed by atoms with Crippen LogP contribution in [-0.4, -0.2) is 29.8 Å². The Labute approximate surface area is 163 Å².